The third kappa shape index (κ3) is 4.01. The molecule has 1 atom stereocenters. The molecule has 8 heteroatoms. The second-order valence-electron chi connectivity index (χ2n) is 5.96. The predicted molar refractivity (Wildman–Crippen MR) is 110 cm³/mol. The van der Waals surface area contributed by atoms with Gasteiger partial charge >= 0.3 is 0 Å². The molecule has 2 aromatic heterocycles. The summed E-state index contributed by atoms with van der Waals surface area (Å²) in [6, 6.07) is 5.28. The summed E-state index contributed by atoms with van der Waals surface area (Å²) in [7, 11) is 3.14. The molecule has 0 aliphatic rings. The van der Waals surface area contributed by atoms with E-state index in [1.807, 2.05) is 6.92 Å². The molecule has 142 valence electrons. The molecule has 1 amide bonds. The molecule has 1 aromatic carbocycles. The first-order valence-corrected chi connectivity index (χ1v) is 10.0. The van der Waals surface area contributed by atoms with E-state index in [4.69, 9.17) is 9.47 Å². The van der Waals surface area contributed by atoms with Crippen LogP contribution in [-0.2, 0) is 4.79 Å². The van der Waals surface area contributed by atoms with E-state index in [9.17, 15) is 4.79 Å². The summed E-state index contributed by atoms with van der Waals surface area (Å²) in [6.07, 6.45) is 1.55. The molecule has 1 unspecified atom stereocenters. The predicted octanol–water partition coefficient (Wildman–Crippen LogP) is 4.44. The number of carbonyl (C=O) groups excluding carboxylic acids is 1. The number of aromatic nitrogens is 2. The number of nitrogens with one attached hydrogen (secondary N) is 1. The summed E-state index contributed by atoms with van der Waals surface area (Å²) in [6.45, 7) is 6.00. The quantitative estimate of drug-likeness (QED) is 0.484. The molecular formula is C19H21N3O3S2. The van der Waals surface area contributed by atoms with E-state index >= 15 is 0 Å². The van der Waals surface area contributed by atoms with Crippen LogP contribution in [0.5, 0.6) is 11.5 Å². The van der Waals surface area contributed by atoms with E-state index in [2.05, 4.69) is 29.1 Å². The van der Waals surface area contributed by atoms with Gasteiger partial charge in [0.15, 0.2) is 11.5 Å². The van der Waals surface area contributed by atoms with Crippen LogP contribution in [0.3, 0.4) is 0 Å². The van der Waals surface area contributed by atoms with Gasteiger partial charge in [-0.1, -0.05) is 11.8 Å². The molecule has 27 heavy (non-hydrogen) atoms. The molecule has 0 saturated carbocycles. The highest BCUT2D eigenvalue weighted by Gasteiger charge is 2.20. The molecule has 0 radical (unpaired) electrons. The van der Waals surface area contributed by atoms with Crippen LogP contribution in [0, 0.1) is 13.8 Å². The van der Waals surface area contributed by atoms with E-state index in [1.165, 1.54) is 22.2 Å². The van der Waals surface area contributed by atoms with Crippen molar-refractivity contribution < 1.29 is 14.3 Å². The minimum Gasteiger partial charge on any atom is -0.493 e. The standard InChI is InChI=1S/C19H21N3O3S2/c1-10-11(2)26-18-16(10)19(21-9-20-18)27-12(3)17(23)22-13-6-7-14(24-4)15(8-13)25-5/h6-9,12H,1-5H3,(H,22,23). The van der Waals surface area contributed by atoms with Crippen molar-refractivity contribution in [1.29, 1.82) is 0 Å². The normalized spacial score (nSPS) is 12.0. The third-order valence-electron chi connectivity index (χ3n) is 4.24. The summed E-state index contributed by atoms with van der Waals surface area (Å²) in [5.74, 6) is 1.07. The fraction of sp³-hybridized carbons (Fsp3) is 0.316. The molecule has 6 nitrogen and oxygen atoms in total. The zero-order valence-electron chi connectivity index (χ0n) is 15.8. The van der Waals surface area contributed by atoms with Gasteiger partial charge in [-0.05, 0) is 38.5 Å². The molecule has 1 N–H and O–H groups in total. The molecule has 0 bridgehead atoms. The molecular weight excluding hydrogens is 382 g/mol. The summed E-state index contributed by atoms with van der Waals surface area (Å²) in [4.78, 5) is 23.6. The summed E-state index contributed by atoms with van der Waals surface area (Å²) >= 11 is 3.08. The van der Waals surface area contributed by atoms with Gasteiger partial charge in [0.05, 0.1) is 19.5 Å². The number of hydrogen-bond acceptors (Lipinski definition) is 7. The minimum absolute atomic E-state index is 0.108. The van der Waals surface area contributed by atoms with E-state index in [0.717, 1.165) is 15.2 Å². The topological polar surface area (TPSA) is 73.3 Å². The van der Waals surface area contributed by atoms with Crippen LogP contribution in [0.25, 0.3) is 10.2 Å². The molecule has 3 aromatic rings. The van der Waals surface area contributed by atoms with Crippen molar-refractivity contribution in [1.82, 2.24) is 9.97 Å². The van der Waals surface area contributed by atoms with Crippen LogP contribution in [0.1, 0.15) is 17.4 Å². The average Bonchev–Trinajstić information content (AvgIpc) is 2.96. The Morgan fingerprint density at radius 3 is 2.63 bits per heavy atom. The summed E-state index contributed by atoms with van der Waals surface area (Å²) in [5, 5.41) is 4.46. The second-order valence-corrected chi connectivity index (χ2v) is 8.49. The Bertz CT molecular complexity index is 988. The third-order valence-corrected chi connectivity index (χ3v) is 6.45. The number of amides is 1. The van der Waals surface area contributed by atoms with Crippen LogP contribution >= 0.6 is 23.1 Å². The molecule has 2 heterocycles. The maximum absolute atomic E-state index is 12.7. The zero-order valence-corrected chi connectivity index (χ0v) is 17.5. The number of hydrogen-bond donors (Lipinski definition) is 1. The lowest BCUT2D eigenvalue weighted by Crippen LogP contribution is -2.22. The molecule has 0 aliphatic carbocycles. The van der Waals surface area contributed by atoms with Gasteiger partial charge in [-0.2, -0.15) is 0 Å². The van der Waals surface area contributed by atoms with Gasteiger partial charge in [0, 0.05) is 22.0 Å². The number of aryl methyl sites for hydroxylation is 2. The summed E-state index contributed by atoms with van der Waals surface area (Å²) in [5.41, 5.74) is 1.83. The van der Waals surface area contributed by atoms with Crippen molar-refractivity contribution in [2.24, 2.45) is 0 Å². The Morgan fingerprint density at radius 2 is 1.93 bits per heavy atom. The van der Waals surface area contributed by atoms with Gasteiger partial charge < -0.3 is 14.8 Å². The highest BCUT2D eigenvalue weighted by atomic mass is 32.2. The number of carbonyl (C=O) groups is 1. The lowest BCUT2D eigenvalue weighted by atomic mass is 10.2. The first-order chi connectivity index (χ1) is 12.9. The number of nitrogens with zero attached hydrogens (tertiary/aromatic N) is 2. The highest BCUT2D eigenvalue weighted by Crippen LogP contribution is 2.36. The number of ether oxygens (including phenoxy) is 2. The lowest BCUT2D eigenvalue weighted by molar-refractivity contribution is -0.115. The van der Waals surface area contributed by atoms with Crippen molar-refractivity contribution in [3.63, 3.8) is 0 Å². The van der Waals surface area contributed by atoms with Gasteiger partial charge in [-0.3, -0.25) is 4.79 Å². The SMILES string of the molecule is COc1ccc(NC(=O)C(C)Sc2ncnc3sc(C)c(C)c23)cc1OC. The number of anilines is 1. The lowest BCUT2D eigenvalue weighted by Gasteiger charge is -2.14. The molecule has 0 aliphatic heterocycles. The Kier molecular flexibility index (Phi) is 5.86. The molecule has 0 spiro atoms. The van der Waals surface area contributed by atoms with Gasteiger partial charge in [0.25, 0.3) is 0 Å². The maximum Gasteiger partial charge on any atom is 0.237 e. The van der Waals surface area contributed by atoms with Crippen LogP contribution in [0.4, 0.5) is 5.69 Å². The van der Waals surface area contributed by atoms with Crippen LogP contribution in [0.2, 0.25) is 0 Å². The molecule has 3 rings (SSSR count). The van der Waals surface area contributed by atoms with Gasteiger partial charge in [0.1, 0.15) is 16.2 Å². The van der Waals surface area contributed by atoms with Crippen LogP contribution in [-0.4, -0.2) is 35.3 Å². The van der Waals surface area contributed by atoms with Crippen molar-refractivity contribution >= 4 is 44.9 Å². The van der Waals surface area contributed by atoms with Gasteiger partial charge in [-0.15, -0.1) is 11.3 Å². The van der Waals surface area contributed by atoms with Gasteiger partial charge in [0.2, 0.25) is 5.91 Å². The van der Waals surface area contributed by atoms with Gasteiger partial charge in [-0.25, -0.2) is 9.97 Å². The number of benzene rings is 1. The van der Waals surface area contributed by atoms with Crippen molar-refractivity contribution in [3.05, 3.63) is 35.0 Å². The minimum atomic E-state index is -0.323. The van der Waals surface area contributed by atoms with Crippen LogP contribution < -0.4 is 14.8 Å². The van der Waals surface area contributed by atoms with E-state index in [1.54, 1.807) is 50.1 Å². The number of thioether (sulfide) groups is 1. The Hall–Kier alpha value is -2.32. The fourth-order valence-electron chi connectivity index (χ4n) is 2.62. The average molecular weight is 404 g/mol. The Balaban J connectivity index is 1.77. The Morgan fingerprint density at radius 1 is 1.19 bits per heavy atom. The fourth-order valence-corrected chi connectivity index (χ4v) is 4.66. The van der Waals surface area contributed by atoms with E-state index in [0.29, 0.717) is 17.2 Å². The van der Waals surface area contributed by atoms with E-state index < -0.39 is 0 Å². The highest BCUT2D eigenvalue weighted by molar-refractivity contribution is 8.00. The first kappa shape index (κ1) is 19.4. The number of fused-ring (bicyclic) bond motifs is 1. The maximum atomic E-state index is 12.7. The zero-order chi connectivity index (χ0) is 19.6. The first-order valence-electron chi connectivity index (χ1n) is 8.34. The molecule has 0 saturated heterocycles. The monoisotopic (exact) mass is 403 g/mol. The Labute approximate surface area is 166 Å². The number of methoxy groups -OCH3 is 2. The van der Waals surface area contributed by atoms with Crippen molar-refractivity contribution in [2.75, 3.05) is 19.5 Å². The summed E-state index contributed by atoms with van der Waals surface area (Å²) < 4.78 is 10.5. The number of rotatable bonds is 6. The van der Waals surface area contributed by atoms with Crippen LogP contribution in [0.15, 0.2) is 29.6 Å². The van der Waals surface area contributed by atoms with Crippen molar-refractivity contribution in [3.8, 4) is 11.5 Å². The van der Waals surface area contributed by atoms with Crippen molar-refractivity contribution in [2.45, 2.75) is 31.0 Å². The van der Waals surface area contributed by atoms with E-state index in [-0.39, 0.29) is 11.2 Å². The second kappa shape index (κ2) is 8.14. The number of thiophene rings is 1. The molecule has 0 fully saturated rings. The largest absolute Gasteiger partial charge is 0.493 e. The smallest absolute Gasteiger partial charge is 0.237 e.